The molecule has 0 bridgehead atoms. The number of hydrogen-bond donors (Lipinski definition) is 0. The van der Waals surface area contributed by atoms with E-state index in [4.69, 9.17) is 9.40 Å². The van der Waals surface area contributed by atoms with E-state index in [0.717, 1.165) is 28.8 Å². The number of rotatable bonds is 4. The molecule has 2 aromatic heterocycles. The Bertz CT molecular complexity index is 1210. The highest BCUT2D eigenvalue weighted by Crippen LogP contribution is 2.37. The molecule has 0 saturated heterocycles. The summed E-state index contributed by atoms with van der Waals surface area (Å²) in [4.78, 5) is 4.89. The first-order valence-corrected chi connectivity index (χ1v) is 14.1. The molecule has 0 aliphatic carbocycles. The first-order chi connectivity index (χ1) is 13.6. The summed E-state index contributed by atoms with van der Waals surface area (Å²) in [6.07, 6.45) is 3.16. The Balaban J connectivity index is 2.00. The predicted octanol–water partition coefficient (Wildman–Crippen LogP) is 7.19. The number of para-hydroxylation sites is 1. The van der Waals surface area contributed by atoms with Gasteiger partial charge in [0, 0.05) is 22.5 Å². The van der Waals surface area contributed by atoms with E-state index in [0.29, 0.717) is 0 Å². The van der Waals surface area contributed by atoms with Gasteiger partial charge >= 0.3 is 0 Å². The first-order valence-electron chi connectivity index (χ1n) is 10.6. The SMILES string of the molecule is CCC(C)(C)c1cnc(-c2ccc([Si](C)(C)C)c3c2oc2ccccc23)cc1C. The van der Waals surface area contributed by atoms with Crippen molar-refractivity contribution in [1.29, 1.82) is 0 Å². The molecule has 0 spiro atoms. The van der Waals surface area contributed by atoms with Crippen LogP contribution in [0.3, 0.4) is 0 Å². The van der Waals surface area contributed by atoms with Crippen LogP contribution in [0.25, 0.3) is 33.2 Å². The van der Waals surface area contributed by atoms with Crippen LogP contribution in [0.5, 0.6) is 0 Å². The van der Waals surface area contributed by atoms with Crippen molar-refractivity contribution in [3.63, 3.8) is 0 Å². The zero-order valence-corrected chi connectivity index (χ0v) is 19.7. The number of nitrogens with zero attached hydrogens (tertiary/aromatic N) is 1. The standard InChI is InChI=1S/C26H31NOSi/c1-8-26(3,4)20-16-27-21(15-17(20)2)18-13-14-23(29(5,6)7)24-19-11-9-10-12-22(19)28-25(18)24/h9-16H,8H2,1-7H3. The van der Waals surface area contributed by atoms with Gasteiger partial charge in [0.15, 0.2) is 0 Å². The van der Waals surface area contributed by atoms with Crippen molar-refractivity contribution >= 4 is 35.2 Å². The quantitative estimate of drug-likeness (QED) is 0.338. The summed E-state index contributed by atoms with van der Waals surface area (Å²) in [6, 6.07) is 15.1. The maximum absolute atomic E-state index is 6.41. The van der Waals surface area contributed by atoms with E-state index in [-0.39, 0.29) is 5.41 Å². The van der Waals surface area contributed by atoms with Gasteiger partial charge in [-0.15, -0.1) is 0 Å². The Labute approximate surface area is 175 Å². The van der Waals surface area contributed by atoms with Crippen LogP contribution >= 0.6 is 0 Å². The van der Waals surface area contributed by atoms with Gasteiger partial charge in [-0.2, -0.15) is 0 Å². The maximum Gasteiger partial charge on any atom is 0.144 e. The molecule has 0 N–H and O–H groups in total. The minimum Gasteiger partial charge on any atom is -0.455 e. The van der Waals surface area contributed by atoms with Gasteiger partial charge in [-0.25, -0.2) is 0 Å². The summed E-state index contributed by atoms with van der Waals surface area (Å²) in [6.45, 7) is 16.2. The summed E-state index contributed by atoms with van der Waals surface area (Å²) in [7, 11) is -1.53. The molecule has 0 saturated carbocycles. The molecule has 0 atom stereocenters. The fourth-order valence-corrected chi connectivity index (χ4v) is 5.84. The minimum absolute atomic E-state index is 0.131. The van der Waals surface area contributed by atoms with Crippen molar-refractivity contribution in [3.8, 4) is 11.3 Å². The molecule has 0 aliphatic rings. The Morgan fingerprint density at radius 3 is 2.41 bits per heavy atom. The van der Waals surface area contributed by atoms with Crippen LogP contribution in [0.1, 0.15) is 38.3 Å². The molecule has 29 heavy (non-hydrogen) atoms. The maximum atomic E-state index is 6.41. The zero-order valence-electron chi connectivity index (χ0n) is 18.7. The smallest absolute Gasteiger partial charge is 0.144 e. The van der Waals surface area contributed by atoms with E-state index in [1.807, 2.05) is 6.07 Å². The highest BCUT2D eigenvalue weighted by Gasteiger charge is 2.26. The van der Waals surface area contributed by atoms with E-state index in [9.17, 15) is 0 Å². The Morgan fingerprint density at radius 1 is 1.03 bits per heavy atom. The molecular weight excluding hydrogens is 370 g/mol. The molecule has 2 nitrogen and oxygen atoms in total. The second kappa shape index (κ2) is 6.84. The highest BCUT2D eigenvalue weighted by molar-refractivity contribution is 6.90. The van der Waals surface area contributed by atoms with Crippen LogP contribution in [0.2, 0.25) is 19.6 Å². The van der Waals surface area contributed by atoms with E-state index in [2.05, 4.69) is 89.9 Å². The van der Waals surface area contributed by atoms with Crippen molar-refractivity contribution < 1.29 is 4.42 Å². The normalized spacial score (nSPS) is 12.8. The topological polar surface area (TPSA) is 26.0 Å². The van der Waals surface area contributed by atoms with Gasteiger partial charge < -0.3 is 4.42 Å². The minimum atomic E-state index is -1.53. The van der Waals surface area contributed by atoms with Gasteiger partial charge in [0.25, 0.3) is 0 Å². The Morgan fingerprint density at radius 2 is 1.76 bits per heavy atom. The lowest BCUT2D eigenvalue weighted by Crippen LogP contribution is -2.37. The molecular formula is C26H31NOSi. The molecule has 4 aromatic rings. The van der Waals surface area contributed by atoms with E-state index < -0.39 is 8.07 Å². The van der Waals surface area contributed by atoms with E-state index in [1.165, 1.54) is 27.1 Å². The number of furan rings is 1. The van der Waals surface area contributed by atoms with Crippen LogP contribution in [0.4, 0.5) is 0 Å². The molecule has 150 valence electrons. The molecule has 0 amide bonds. The average molecular weight is 402 g/mol. The lowest BCUT2D eigenvalue weighted by atomic mass is 9.80. The average Bonchev–Trinajstić information content (AvgIpc) is 3.05. The summed E-state index contributed by atoms with van der Waals surface area (Å²) in [5.74, 6) is 0. The van der Waals surface area contributed by atoms with Gasteiger partial charge in [0.2, 0.25) is 0 Å². The number of pyridine rings is 1. The highest BCUT2D eigenvalue weighted by atomic mass is 28.3. The van der Waals surface area contributed by atoms with Crippen LogP contribution in [0, 0.1) is 6.92 Å². The van der Waals surface area contributed by atoms with Gasteiger partial charge in [-0.05, 0) is 53.3 Å². The number of benzene rings is 2. The van der Waals surface area contributed by atoms with Crippen molar-refractivity contribution in [1.82, 2.24) is 4.98 Å². The van der Waals surface area contributed by atoms with Gasteiger partial charge in [-0.3, -0.25) is 4.98 Å². The molecule has 4 rings (SSSR count). The summed E-state index contributed by atoms with van der Waals surface area (Å²) < 4.78 is 6.41. The molecule has 2 aromatic carbocycles. The number of hydrogen-bond acceptors (Lipinski definition) is 2. The van der Waals surface area contributed by atoms with Gasteiger partial charge in [0.1, 0.15) is 11.2 Å². The third-order valence-corrected chi connectivity index (χ3v) is 8.37. The van der Waals surface area contributed by atoms with Gasteiger partial charge in [0.05, 0.1) is 13.8 Å². The molecule has 0 unspecified atom stereocenters. The van der Waals surface area contributed by atoms with Crippen molar-refractivity contribution in [3.05, 3.63) is 59.8 Å². The van der Waals surface area contributed by atoms with Crippen LogP contribution < -0.4 is 5.19 Å². The number of fused-ring (bicyclic) bond motifs is 3. The van der Waals surface area contributed by atoms with Crippen LogP contribution in [0.15, 0.2) is 53.1 Å². The summed E-state index contributed by atoms with van der Waals surface area (Å²) in [5, 5.41) is 3.93. The lowest BCUT2D eigenvalue weighted by molar-refractivity contribution is 0.501. The van der Waals surface area contributed by atoms with Crippen molar-refractivity contribution in [2.75, 3.05) is 0 Å². The zero-order chi connectivity index (χ0) is 21.0. The first kappa shape index (κ1) is 19.9. The predicted molar refractivity (Wildman–Crippen MR) is 128 cm³/mol. The number of aromatic nitrogens is 1. The molecule has 0 aliphatic heterocycles. The Kier molecular flexibility index (Phi) is 4.70. The lowest BCUT2D eigenvalue weighted by Gasteiger charge is -2.25. The fourth-order valence-electron chi connectivity index (χ4n) is 4.26. The summed E-state index contributed by atoms with van der Waals surface area (Å²) in [5.41, 5.74) is 6.75. The number of aryl methyl sites for hydroxylation is 1. The molecule has 3 heteroatoms. The van der Waals surface area contributed by atoms with Crippen molar-refractivity contribution in [2.45, 2.75) is 59.2 Å². The van der Waals surface area contributed by atoms with Crippen molar-refractivity contribution in [2.24, 2.45) is 0 Å². The third kappa shape index (κ3) is 3.32. The molecule has 2 heterocycles. The monoisotopic (exact) mass is 401 g/mol. The molecule has 0 radical (unpaired) electrons. The third-order valence-electron chi connectivity index (χ3n) is 6.33. The summed E-state index contributed by atoms with van der Waals surface area (Å²) >= 11 is 0. The van der Waals surface area contributed by atoms with E-state index in [1.54, 1.807) is 0 Å². The fraction of sp³-hybridized carbons (Fsp3) is 0.346. The second-order valence-corrected chi connectivity index (χ2v) is 14.9. The molecule has 0 fully saturated rings. The van der Waals surface area contributed by atoms with Crippen LogP contribution in [-0.4, -0.2) is 13.1 Å². The van der Waals surface area contributed by atoms with E-state index >= 15 is 0 Å². The second-order valence-electron chi connectivity index (χ2n) is 9.83. The van der Waals surface area contributed by atoms with Gasteiger partial charge in [-0.1, -0.05) is 64.7 Å². The Hall–Kier alpha value is -2.39. The largest absolute Gasteiger partial charge is 0.455 e. The van der Waals surface area contributed by atoms with Crippen LogP contribution in [-0.2, 0) is 5.41 Å².